The molecule has 1 aromatic carbocycles. The van der Waals surface area contributed by atoms with Gasteiger partial charge in [0.05, 0.1) is 16.3 Å². The first-order valence-electron chi connectivity index (χ1n) is 6.35. The molecule has 3 N–H and O–H groups in total. The average Bonchev–Trinajstić information content (AvgIpc) is 2.95. The van der Waals surface area contributed by atoms with Crippen LogP contribution in [-0.2, 0) is 0 Å². The highest BCUT2D eigenvalue weighted by molar-refractivity contribution is 7.17. The zero-order chi connectivity index (χ0) is 15.0. The number of hydrogen-bond acceptors (Lipinski definition) is 4. The van der Waals surface area contributed by atoms with Crippen molar-refractivity contribution >= 4 is 21.6 Å². The zero-order valence-electron chi connectivity index (χ0n) is 11.2. The van der Waals surface area contributed by atoms with Crippen LogP contribution >= 0.6 is 11.3 Å². The third kappa shape index (κ3) is 2.42. The Hall–Kier alpha value is -1.89. The minimum absolute atomic E-state index is 0.0878. The minimum Gasteiger partial charge on any atom is -0.271 e. The van der Waals surface area contributed by atoms with Crippen molar-refractivity contribution in [1.82, 2.24) is 10.4 Å². The zero-order valence-corrected chi connectivity index (χ0v) is 12.0. The highest BCUT2D eigenvalue weighted by Crippen LogP contribution is 2.30. The largest absolute Gasteiger partial charge is 0.271 e. The van der Waals surface area contributed by atoms with Crippen LogP contribution in [0.2, 0.25) is 0 Å². The number of nitrogens with one attached hydrogen (secondary N) is 1. The summed E-state index contributed by atoms with van der Waals surface area (Å²) in [5, 5.41) is 1.92. The maximum Gasteiger partial charge on any atom is 0.134 e. The molecule has 108 valence electrons. The molecule has 0 bridgehead atoms. The van der Waals surface area contributed by atoms with Crippen LogP contribution in [0.5, 0.6) is 0 Å². The fourth-order valence-electron chi connectivity index (χ4n) is 2.31. The highest BCUT2D eigenvalue weighted by atomic mass is 32.1. The van der Waals surface area contributed by atoms with Gasteiger partial charge in [-0.25, -0.2) is 14.2 Å². The molecule has 3 nitrogen and oxygen atoms in total. The van der Waals surface area contributed by atoms with Gasteiger partial charge in [0, 0.05) is 11.8 Å². The van der Waals surface area contributed by atoms with Crippen LogP contribution in [0.4, 0.5) is 8.78 Å². The Labute approximate surface area is 124 Å². The Bertz CT molecular complexity index is 801. The molecule has 0 spiro atoms. The summed E-state index contributed by atoms with van der Waals surface area (Å²) in [5.41, 5.74) is 4.24. The molecule has 3 aromatic rings. The van der Waals surface area contributed by atoms with Crippen molar-refractivity contribution < 1.29 is 8.78 Å². The van der Waals surface area contributed by atoms with Gasteiger partial charge in [-0.15, -0.1) is 11.3 Å². The first-order valence-corrected chi connectivity index (χ1v) is 7.23. The molecule has 0 radical (unpaired) electrons. The molecule has 0 amide bonds. The quantitative estimate of drug-likeness (QED) is 0.576. The predicted octanol–water partition coefficient (Wildman–Crippen LogP) is 3.44. The number of halogens is 2. The lowest BCUT2D eigenvalue weighted by atomic mass is 9.97. The number of hydrazine groups is 1. The van der Waals surface area contributed by atoms with Gasteiger partial charge in [0.25, 0.3) is 0 Å². The third-order valence-corrected chi connectivity index (χ3v) is 4.29. The van der Waals surface area contributed by atoms with Crippen LogP contribution in [0.25, 0.3) is 10.2 Å². The van der Waals surface area contributed by atoms with Gasteiger partial charge < -0.3 is 0 Å². The van der Waals surface area contributed by atoms with Crippen molar-refractivity contribution in [1.29, 1.82) is 0 Å². The van der Waals surface area contributed by atoms with Gasteiger partial charge in [0.1, 0.15) is 11.6 Å². The van der Waals surface area contributed by atoms with Crippen LogP contribution in [0.1, 0.15) is 22.7 Å². The van der Waals surface area contributed by atoms with Crippen LogP contribution in [0, 0.1) is 18.6 Å². The van der Waals surface area contributed by atoms with Crippen LogP contribution in [0.15, 0.2) is 35.8 Å². The summed E-state index contributed by atoms with van der Waals surface area (Å²) in [5.74, 6) is 4.31. The second-order valence-electron chi connectivity index (χ2n) is 4.76. The van der Waals surface area contributed by atoms with Gasteiger partial charge in [-0.1, -0.05) is 6.07 Å². The molecule has 0 saturated heterocycles. The van der Waals surface area contributed by atoms with Crippen LogP contribution < -0.4 is 11.3 Å². The molecule has 21 heavy (non-hydrogen) atoms. The molecule has 3 rings (SSSR count). The monoisotopic (exact) mass is 305 g/mol. The standard InChI is InChI=1S/C15H13F2N3S/c1-8-2-3-10(16)13(14(8)17)15(20-18)9-6-12-11(19-7-9)4-5-21-12/h2-7,15,20H,18H2,1H3. The van der Waals surface area contributed by atoms with E-state index >= 15 is 0 Å². The summed E-state index contributed by atoms with van der Waals surface area (Å²) >= 11 is 1.52. The van der Waals surface area contributed by atoms with Crippen molar-refractivity contribution in [3.05, 3.63) is 64.2 Å². The highest BCUT2D eigenvalue weighted by Gasteiger charge is 2.23. The van der Waals surface area contributed by atoms with Gasteiger partial charge in [0.2, 0.25) is 0 Å². The predicted molar refractivity (Wildman–Crippen MR) is 79.9 cm³/mol. The fourth-order valence-corrected chi connectivity index (χ4v) is 3.10. The van der Waals surface area contributed by atoms with Crippen LogP contribution in [-0.4, -0.2) is 4.98 Å². The smallest absolute Gasteiger partial charge is 0.134 e. The molecule has 0 aliphatic carbocycles. The first-order chi connectivity index (χ1) is 10.1. The van der Waals surface area contributed by atoms with Gasteiger partial charge >= 0.3 is 0 Å². The number of thiophene rings is 1. The summed E-state index contributed by atoms with van der Waals surface area (Å²) in [6, 6.07) is 5.60. The van der Waals surface area contributed by atoms with Crippen molar-refractivity contribution in [2.75, 3.05) is 0 Å². The summed E-state index contributed by atoms with van der Waals surface area (Å²) < 4.78 is 29.3. The van der Waals surface area contributed by atoms with Gasteiger partial charge in [-0.3, -0.25) is 10.8 Å². The molecular formula is C15H13F2N3S. The van der Waals surface area contributed by atoms with Gasteiger partial charge in [-0.2, -0.15) is 0 Å². The summed E-state index contributed by atoms with van der Waals surface area (Å²) in [7, 11) is 0. The van der Waals surface area contributed by atoms with Crippen molar-refractivity contribution in [2.45, 2.75) is 13.0 Å². The molecule has 6 heteroatoms. The number of aromatic nitrogens is 1. The Morgan fingerprint density at radius 2 is 2.10 bits per heavy atom. The van der Waals surface area contributed by atoms with E-state index in [-0.39, 0.29) is 5.56 Å². The van der Waals surface area contributed by atoms with E-state index in [1.807, 2.05) is 17.5 Å². The molecule has 0 aliphatic rings. The molecule has 1 unspecified atom stereocenters. The van der Waals surface area contributed by atoms with E-state index < -0.39 is 17.7 Å². The minimum atomic E-state index is -0.788. The lowest BCUT2D eigenvalue weighted by molar-refractivity contribution is 0.506. The van der Waals surface area contributed by atoms with E-state index in [1.165, 1.54) is 23.5 Å². The van der Waals surface area contributed by atoms with E-state index in [9.17, 15) is 8.78 Å². The Morgan fingerprint density at radius 1 is 1.29 bits per heavy atom. The number of nitrogens with zero attached hydrogens (tertiary/aromatic N) is 1. The maximum absolute atomic E-state index is 14.3. The first kappa shape index (κ1) is 14.1. The topological polar surface area (TPSA) is 50.9 Å². The molecule has 0 aliphatic heterocycles. The third-order valence-electron chi connectivity index (χ3n) is 3.43. The number of benzene rings is 1. The van der Waals surface area contributed by atoms with E-state index in [1.54, 1.807) is 13.1 Å². The van der Waals surface area contributed by atoms with Crippen LogP contribution in [0.3, 0.4) is 0 Å². The number of nitrogens with two attached hydrogens (primary N) is 1. The van der Waals surface area contributed by atoms with E-state index in [4.69, 9.17) is 5.84 Å². The molecule has 2 heterocycles. The van der Waals surface area contributed by atoms with Crippen molar-refractivity contribution in [2.24, 2.45) is 5.84 Å². The Kier molecular flexibility index (Phi) is 3.67. The molecule has 1 atom stereocenters. The molecule has 0 fully saturated rings. The second kappa shape index (κ2) is 5.48. The lowest BCUT2D eigenvalue weighted by Crippen LogP contribution is -2.30. The number of aryl methyl sites for hydroxylation is 1. The summed E-state index contributed by atoms with van der Waals surface area (Å²) in [6.07, 6.45) is 1.58. The number of pyridine rings is 1. The van der Waals surface area contributed by atoms with E-state index in [2.05, 4.69) is 10.4 Å². The maximum atomic E-state index is 14.3. The van der Waals surface area contributed by atoms with Gasteiger partial charge in [-0.05, 0) is 41.6 Å². The molecule has 2 aromatic heterocycles. The average molecular weight is 305 g/mol. The Balaban J connectivity index is 2.15. The number of hydrogen-bond donors (Lipinski definition) is 2. The fraction of sp³-hybridized carbons (Fsp3) is 0.133. The van der Waals surface area contributed by atoms with Gasteiger partial charge in [0.15, 0.2) is 0 Å². The number of rotatable bonds is 3. The summed E-state index contributed by atoms with van der Waals surface area (Å²) in [6.45, 7) is 1.59. The molecule has 0 saturated carbocycles. The normalized spacial score (nSPS) is 12.8. The van der Waals surface area contributed by atoms with E-state index in [0.717, 1.165) is 10.2 Å². The lowest BCUT2D eigenvalue weighted by Gasteiger charge is -2.19. The van der Waals surface area contributed by atoms with E-state index in [0.29, 0.717) is 11.1 Å². The number of fused-ring (bicyclic) bond motifs is 1. The summed E-state index contributed by atoms with van der Waals surface area (Å²) in [4.78, 5) is 4.29. The SMILES string of the molecule is Cc1ccc(F)c(C(NN)c2cnc3ccsc3c2)c1F. The second-order valence-corrected chi connectivity index (χ2v) is 5.71. The van der Waals surface area contributed by atoms with Crippen molar-refractivity contribution in [3.8, 4) is 0 Å². The molecular weight excluding hydrogens is 292 g/mol. The van der Waals surface area contributed by atoms with Crippen molar-refractivity contribution in [3.63, 3.8) is 0 Å². The Morgan fingerprint density at radius 3 is 2.86 bits per heavy atom.